The highest BCUT2D eigenvalue weighted by molar-refractivity contribution is 7.47. The third-order valence-corrected chi connectivity index (χ3v) is 14.9. The van der Waals surface area contributed by atoms with E-state index in [1.165, 1.54) is 154 Å². The number of unbranched alkanes of at least 4 members (excludes halogenated alkanes) is 33. The van der Waals surface area contributed by atoms with Gasteiger partial charge >= 0.3 is 7.82 Å². The standard InChI is InChI=1S/C54H106NO12P/c1-3-5-7-9-11-13-15-17-19-21-23-24-26-28-30-32-34-36-38-40-42-47(57)46(44-66-68(64,65)67-54-52(62)50(60)49(59)51(61)53(54)63)55-48(58)43-45(56)41-39-37-35-33-31-29-27-25-22-20-18-16-14-12-10-8-6-4-2/h25,27,45-47,49-54,56-57,59-63H,3-24,26,28-44H2,1-2H3,(H,55,58)(H,64,65)/b27-25-. The minimum Gasteiger partial charge on any atom is -0.393 e. The van der Waals surface area contributed by atoms with Gasteiger partial charge in [-0.05, 0) is 38.5 Å². The lowest BCUT2D eigenvalue weighted by Crippen LogP contribution is -2.64. The number of allylic oxidation sites excluding steroid dienone is 2. The van der Waals surface area contributed by atoms with Gasteiger partial charge in [0.15, 0.2) is 0 Å². The molecule has 14 heteroatoms. The highest BCUT2D eigenvalue weighted by atomic mass is 31.2. The predicted molar refractivity (Wildman–Crippen MR) is 275 cm³/mol. The Hall–Kier alpha value is -0.960. The topological polar surface area (TPSA) is 226 Å². The molecule has 0 saturated heterocycles. The molecule has 1 aliphatic carbocycles. The van der Waals surface area contributed by atoms with Gasteiger partial charge in [-0.1, -0.05) is 231 Å². The number of amides is 1. The molecule has 13 nitrogen and oxygen atoms in total. The summed E-state index contributed by atoms with van der Waals surface area (Å²) in [5.74, 6) is -0.560. The van der Waals surface area contributed by atoms with Gasteiger partial charge in [-0.2, -0.15) is 0 Å². The van der Waals surface area contributed by atoms with Gasteiger partial charge in [-0.15, -0.1) is 0 Å². The Morgan fingerprint density at radius 2 is 0.824 bits per heavy atom. The molecule has 1 saturated carbocycles. The van der Waals surface area contributed by atoms with Crippen LogP contribution in [0.5, 0.6) is 0 Å². The largest absolute Gasteiger partial charge is 0.472 e. The van der Waals surface area contributed by atoms with Crippen LogP contribution in [0.4, 0.5) is 0 Å². The third-order valence-electron chi connectivity index (χ3n) is 13.9. The zero-order chi connectivity index (χ0) is 50.1. The minimum atomic E-state index is -5.12. The summed E-state index contributed by atoms with van der Waals surface area (Å²) in [6.07, 6.45) is 35.3. The molecule has 404 valence electrons. The van der Waals surface area contributed by atoms with Crippen LogP contribution < -0.4 is 5.32 Å². The SMILES string of the molecule is CCCCCCCCCCC/C=C\CCCCCCCC(O)CC(=O)NC(COP(=O)(O)OC1C(O)C(O)C(O)C(O)C1O)C(O)CCCCCCCCCCCCCCCCCCCCCC. The van der Waals surface area contributed by atoms with Gasteiger partial charge in [-0.3, -0.25) is 13.8 Å². The summed E-state index contributed by atoms with van der Waals surface area (Å²) >= 11 is 0. The maximum absolute atomic E-state index is 13.1. The Balaban J connectivity index is 2.41. The van der Waals surface area contributed by atoms with Crippen molar-refractivity contribution in [2.75, 3.05) is 6.61 Å². The first-order valence-corrected chi connectivity index (χ1v) is 29.7. The van der Waals surface area contributed by atoms with Crippen LogP contribution in [0.15, 0.2) is 12.2 Å². The fourth-order valence-corrected chi connectivity index (χ4v) is 10.3. The molecule has 0 spiro atoms. The van der Waals surface area contributed by atoms with Gasteiger partial charge in [0.2, 0.25) is 5.91 Å². The summed E-state index contributed by atoms with van der Waals surface area (Å²) in [6, 6.07) is -1.16. The van der Waals surface area contributed by atoms with Gasteiger partial charge in [0, 0.05) is 0 Å². The van der Waals surface area contributed by atoms with E-state index in [1.54, 1.807) is 0 Å². The number of phosphoric ester groups is 1. The lowest BCUT2D eigenvalue weighted by molar-refractivity contribution is -0.220. The molecule has 0 heterocycles. The Morgan fingerprint density at radius 1 is 0.500 bits per heavy atom. The molecular weight excluding hydrogens is 886 g/mol. The number of carbonyl (C=O) groups excluding carboxylic acids is 1. The van der Waals surface area contributed by atoms with Crippen LogP contribution in [0.2, 0.25) is 0 Å². The number of rotatable bonds is 48. The average Bonchev–Trinajstić information content (AvgIpc) is 3.31. The molecule has 8 unspecified atom stereocenters. The molecule has 0 aliphatic heterocycles. The van der Waals surface area contributed by atoms with Crippen molar-refractivity contribution in [3.05, 3.63) is 12.2 Å². The number of hydrogen-bond donors (Lipinski definition) is 9. The summed E-state index contributed by atoms with van der Waals surface area (Å²) in [6.45, 7) is 3.83. The van der Waals surface area contributed by atoms with Crippen LogP contribution in [-0.2, 0) is 18.4 Å². The van der Waals surface area contributed by atoms with Crippen molar-refractivity contribution in [1.29, 1.82) is 0 Å². The first-order chi connectivity index (χ1) is 32.8. The second-order valence-corrected chi connectivity index (χ2v) is 21.7. The summed E-state index contributed by atoms with van der Waals surface area (Å²) in [7, 11) is -5.12. The summed E-state index contributed by atoms with van der Waals surface area (Å²) in [5, 5.41) is 75.0. The molecule has 0 bridgehead atoms. The Kier molecular flexibility index (Phi) is 41.7. The van der Waals surface area contributed by atoms with Gasteiger partial charge in [0.1, 0.15) is 36.6 Å². The first kappa shape index (κ1) is 65.1. The van der Waals surface area contributed by atoms with Crippen molar-refractivity contribution in [2.24, 2.45) is 0 Å². The van der Waals surface area contributed by atoms with E-state index in [2.05, 4.69) is 31.3 Å². The Labute approximate surface area is 414 Å². The van der Waals surface area contributed by atoms with Crippen LogP contribution in [0.25, 0.3) is 0 Å². The predicted octanol–water partition coefficient (Wildman–Crippen LogP) is 11.3. The monoisotopic (exact) mass is 992 g/mol. The number of aliphatic hydroxyl groups is 7. The highest BCUT2D eigenvalue weighted by Crippen LogP contribution is 2.47. The first-order valence-electron chi connectivity index (χ1n) is 28.2. The van der Waals surface area contributed by atoms with Crippen LogP contribution in [-0.4, -0.2) is 108 Å². The molecule has 9 N–H and O–H groups in total. The molecule has 1 amide bonds. The van der Waals surface area contributed by atoms with Gasteiger partial charge < -0.3 is 46.0 Å². The maximum atomic E-state index is 13.1. The van der Waals surface area contributed by atoms with E-state index < -0.39 is 75.2 Å². The number of nitrogens with one attached hydrogen (secondary N) is 1. The van der Waals surface area contributed by atoms with Crippen molar-refractivity contribution in [2.45, 2.75) is 319 Å². The van der Waals surface area contributed by atoms with Crippen molar-refractivity contribution in [1.82, 2.24) is 5.32 Å². The van der Waals surface area contributed by atoms with E-state index in [9.17, 15) is 50.0 Å². The van der Waals surface area contributed by atoms with Crippen LogP contribution in [0.3, 0.4) is 0 Å². The van der Waals surface area contributed by atoms with Gasteiger partial charge in [-0.25, -0.2) is 4.57 Å². The molecule has 0 aromatic heterocycles. The number of carbonyl (C=O) groups is 1. The van der Waals surface area contributed by atoms with Crippen molar-refractivity contribution >= 4 is 13.7 Å². The molecular formula is C54H106NO12P. The molecule has 68 heavy (non-hydrogen) atoms. The number of phosphoric acid groups is 1. The average molecular weight is 992 g/mol. The molecule has 0 radical (unpaired) electrons. The number of hydrogen-bond acceptors (Lipinski definition) is 11. The van der Waals surface area contributed by atoms with Crippen LogP contribution in [0.1, 0.15) is 264 Å². The Bertz CT molecular complexity index is 1210. The van der Waals surface area contributed by atoms with E-state index in [1.807, 2.05) is 0 Å². The quantitative estimate of drug-likeness (QED) is 0.0158. The minimum absolute atomic E-state index is 0.224. The fourth-order valence-electron chi connectivity index (χ4n) is 9.30. The second kappa shape index (κ2) is 43.6. The lowest BCUT2D eigenvalue weighted by Gasteiger charge is -2.41. The van der Waals surface area contributed by atoms with E-state index in [4.69, 9.17) is 9.05 Å². The summed E-state index contributed by atoms with van der Waals surface area (Å²) < 4.78 is 23.1. The van der Waals surface area contributed by atoms with Gasteiger partial charge in [0.25, 0.3) is 0 Å². The fraction of sp³-hybridized carbons (Fsp3) is 0.944. The second-order valence-electron chi connectivity index (χ2n) is 20.3. The zero-order valence-corrected chi connectivity index (χ0v) is 44.2. The van der Waals surface area contributed by atoms with E-state index in [-0.39, 0.29) is 12.8 Å². The van der Waals surface area contributed by atoms with E-state index in [0.29, 0.717) is 12.8 Å². The highest BCUT2D eigenvalue weighted by Gasteiger charge is 2.51. The molecule has 1 fully saturated rings. The molecule has 0 aromatic carbocycles. The molecule has 1 aliphatic rings. The molecule has 0 aromatic rings. The Morgan fingerprint density at radius 3 is 1.21 bits per heavy atom. The normalized spacial score (nSPS) is 22.1. The number of aliphatic hydroxyl groups excluding tert-OH is 7. The molecule has 1 rings (SSSR count). The smallest absolute Gasteiger partial charge is 0.393 e. The van der Waals surface area contributed by atoms with E-state index in [0.717, 1.165) is 70.6 Å². The third kappa shape index (κ3) is 34.4. The van der Waals surface area contributed by atoms with Crippen LogP contribution in [0, 0.1) is 0 Å². The van der Waals surface area contributed by atoms with E-state index >= 15 is 0 Å². The lowest BCUT2D eigenvalue weighted by atomic mass is 9.85. The molecule has 8 atom stereocenters. The van der Waals surface area contributed by atoms with Crippen LogP contribution >= 0.6 is 7.82 Å². The van der Waals surface area contributed by atoms with Crippen molar-refractivity contribution < 1.29 is 59.0 Å². The summed E-state index contributed by atoms with van der Waals surface area (Å²) in [5.41, 5.74) is 0. The maximum Gasteiger partial charge on any atom is 0.472 e. The zero-order valence-electron chi connectivity index (χ0n) is 43.3. The van der Waals surface area contributed by atoms with Crippen molar-refractivity contribution in [3.8, 4) is 0 Å². The van der Waals surface area contributed by atoms with Gasteiger partial charge in [0.05, 0.1) is 31.3 Å². The van der Waals surface area contributed by atoms with Crippen molar-refractivity contribution in [3.63, 3.8) is 0 Å². The summed E-state index contributed by atoms with van der Waals surface area (Å²) in [4.78, 5) is 23.6.